The number of aryl methyl sites for hydroxylation is 1. The number of piperazine rings is 1. The fourth-order valence-corrected chi connectivity index (χ4v) is 4.50. The van der Waals surface area contributed by atoms with Crippen LogP contribution in [0.15, 0.2) is 42.7 Å². The van der Waals surface area contributed by atoms with Gasteiger partial charge in [0.25, 0.3) is 0 Å². The molecule has 2 aliphatic rings. The first-order valence-corrected chi connectivity index (χ1v) is 10.4. The number of carbonyl (C=O) groups excluding carboxylic acids is 2. The lowest BCUT2D eigenvalue weighted by Gasteiger charge is -2.39. The molecule has 0 aliphatic carbocycles. The van der Waals surface area contributed by atoms with Crippen molar-refractivity contribution < 1.29 is 9.59 Å². The largest absolute Gasteiger partial charge is 0.342 e. The minimum absolute atomic E-state index is 0.0668. The fraction of sp³-hybridized carbons (Fsp3) is 0.500. The van der Waals surface area contributed by atoms with E-state index in [0.29, 0.717) is 32.6 Å². The van der Waals surface area contributed by atoms with E-state index in [1.165, 1.54) is 5.56 Å². The van der Waals surface area contributed by atoms with Crippen LogP contribution < -0.4 is 0 Å². The van der Waals surface area contributed by atoms with Crippen molar-refractivity contribution >= 4 is 11.8 Å². The van der Waals surface area contributed by atoms with Crippen LogP contribution in [0.25, 0.3) is 0 Å². The molecule has 3 heterocycles. The highest BCUT2D eigenvalue weighted by Crippen LogP contribution is 2.29. The lowest BCUT2D eigenvalue weighted by atomic mass is 10.0. The number of benzene rings is 1. The summed E-state index contributed by atoms with van der Waals surface area (Å²) in [7, 11) is 2.02. The molecule has 2 atom stereocenters. The molecular formula is C22H29N5O2. The second kappa shape index (κ2) is 8.37. The molecule has 29 heavy (non-hydrogen) atoms. The molecule has 0 radical (unpaired) electrons. The molecule has 2 fully saturated rings. The molecule has 2 amide bonds. The summed E-state index contributed by atoms with van der Waals surface area (Å²) in [6.07, 6.45) is 4.16. The molecule has 154 valence electrons. The van der Waals surface area contributed by atoms with Crippen LogP contribution in [0.3, 0.4) is 0 Å². The topological polar surface area (TPSA) is 61.7 Å². The molecule has 0 saturated carbocycles. The third-order valence-electron chi connectivity index (χ3n) is 6.15. The van der Waals surface area contributed by atoms with Crippen molar-refractivity contribution in [3.8, 4) is 0 Å². The number of imidazole rings is 1. The van der Waals surface area contributed by atoms with Crippen LogP contribution in [-0.2, 0) is 16.6 Å². The van der Waals surface area contributed by atoms with E-state index in [-0.39, 0.29) is 23.8 Å². The minimum Gasteiger partial charge on any atom is -0.342 e. The van der Waals surface area contributed by atoms with Gasteiger partial charge in [-0.15, -0.1) is 0 Å². The Bertz CT molecular complexity index is 857. The molecule has 2 saturated heterocycles. The van der Waals surface area contributed by atoms with Crippen LogP contribution >= 0.6 is 0 Å². The number of carbonyl (C=O) groups is 2. The van der Waals surface area contributed by atoms with E-state index in [2.05, 4.69) is 38.7 Å². The van der Waals surface area contributed by atoms with Gasteiger partial charge in [0.1, 0.15) is 5.82 Å². The predicted molar refractivity (Wildman–Crippen MR) is 110 cm³/mol. The maximum Gasteiger partial charge on any atom is 0.228 e. The summed E-state index contributed by atoms with van der Waals surface area (Å²) < 4.78 is 2.07. The van der Waals surface area contributed by atoms with Crippen LogP contribution in [-0.4, -0.2) is 75.3 Å². The monoisotopic (exact) mass is 395 g/mol. The summed E-state index contributed by atoms with van der Waals surface area (Å²) in [5.74, 6) is 1.05. The zero-order chi connectivity index (χ0) is 20.4. The molecular weight excluding hydrogens is 366 g/mol. The van der Waals surface area contributed by atoms with Crippen LogP contribution in [0.2, 0.25) is 0 Å². The van der Waals surface area contributed by atoms with E-state index in [9.17, 15) is 9.59 Å². The highest BCUT2D eigenvalue weighted by atomic mass is 16.2. The van der Waals surface area contributed by atoms with Crippen LogP contribution in [0, 0.1) is 5.92 Å². The Balaban J connectivity index is 1.45. The lowest BCUT2D eigenvalue weighted by Crippen LogP contribution is -2.51. The average Bonchev–Trinajstić information content (AvgIpc) is 3.34. The summed E-state index contributed by atoms with van der Waals surface area (Å²) >= 11 is 0. The zero-order valence-electron chi connectivity index (χ0n) is 17.2. The number of hydrogen-bond donors (Lipinski definition) is 0. The summed E-state index contributed by atoms with van der Waals surface area (Å²) in [6.45, 7) is 6.15. The van der Waals surface area contributed by atoms with Crippen LogP contribution in [0.4, 0.5) is 0 Å². The molecule has 2 aliphatic heterocycles. The summed E-state index contributed by atoms with van der Waals surface area (Å²) in [6, 6.07) is 10.5. The Morgan fingerprint density at radius 1 is 1.17 bits per heavy atom. The second-order valence-corrected chi connectivity index (χ2v) is 7.90. The van der Waals surface area contributed by atoms with E-state index in [1.54, 1.807) is 4.90 Å². The Labute approximate surface area is 171 Å². The van der Waals surface area contributed by atoms with Gasteiger partial charge in [-0.3, -0.25) is 14.5 Å². The first-order valence-electron chi connectivity index (χ1n) is 10.4. The average molecular weight is 396 g/mol. The van der Waals surface area contributed by atoms with Gasteiger partial charge in [-0.1, -0.05) is 30.3 Å². The van der Waals surface area contributed by atoms with Gasteiger partial charge < -0.3 is 14.4 Å². The highest BCUT2D eigenvalue weighted by molar-refractivity contribution is 5.89. The van der Waals surface area contributed by atoms with Crippen molar-refractivity contribution in [1.29, 1.82) is 0 Å². The summed E-state index contributed by atoms with van der Waals surface area (Å²) in [5.41, 5.74) is 1.21. The van der Waals surface area contributed by atoms with Crippen molar-refractivity contribution in [2.75, 3.05) is 39.3 Å². The Kier molecular flexibility index (Phi) is 5.67. The summed E-state index contributed by atoms with van der Waals surface area (Å²) in [5, 5.41) is 0. The molecule has 0 bridgehead atoms. The molecule has 1 aromatic heterocycles. The Morgan fingerprint density at radius 3 is 2.48 bits per heavy atom. The highest BCUT2D eigenvalue weighted by Gasteiger charge is 2.37. The van der Waals surface area contributed by atoms with Crippen molar-refractivity contribution in [3.05, 3.63) is 54.1 Å². The van der Waals surface area contributed by atoms with Crippen molar-refractivity contribution in [2.45, 2.75) is 19.4 Å². The van der Waals surface area contributed by atoms with Crippen molar-refractivity contribution in [2.24, 2.45) is 13.0 Å². The zero-order valence-corrected chi connectivity index (χ0v) is 17.2. The summed E-state index contributed by atoms with van der Waals surface area (Å²) in [4.78, 5) is 35.7. The number of likely N-dealkylation sites (tertiary alicyclic amines) is 1. The van der Waals surface area contributed by atoms with E-state index >= 15 is 0 Å². The van der Waals surface area contributed by atoms with Crippen molar-refractivity contribution in [3.63, 3.8) is 0 Å². The molecule has 7 nitrogen and oxygen atoms in total. The smallest absolute Gasteiger partial charge is 0.228 e. The van der Waals surface area contributed by atoms with Crippen LogP contribution in [0.1, 0.15) is 30.8 Å². The molecule has 4 rings (SSSR count). The third-order valence-corrected chi connectivity index (χ3v) is 6.15. The first-order chi connectivity index (χ1) is 14.1. The van der Waals surface area contributed by atoms with Gasteiger partial charge in [0.05, 0.1) is 12.0 Å². The molecule has 0 unspecified atom stereocenters. The van der Waals surface area contributed by atoms with Gasteiger partial charge in [-0.2, -0.15) is 0 Å². The predicted octanol–water partition coefficient (Wildman–Crippen LogP) is 1.52. The SMILES string of the molecule is CCN1C[C@H](C(=O)N2CCN([C@@H](c3ccccc3)c3nccn3C)CC2)CC1=O. The third kappa shape index (κ3) is 3.92. The van der Waals surface area contributed by atoms with E-state index < -0.39 is 0 Å². The van der Waals surface area contributed by atoms with Gasteiger partial charge >= 0.3 is 0 Å². The van der Waals surface area contributed by atoms with Gasteiger partial charge in [0.15, 0.2) is 0 Å². The molecule has 0 N–H and O–H groups in total. The number of amides is 2. The van der Waals surface area contributed by atoms with Gasteiger partial charge in [-0.25, -0.2) is 4.98 Å². The Morgan fingerprint density at radius 2 is 1.90 bits per heavy atom. The Hall–Kier alpha value is -2.67. The van der Waals surface area contributed by atoms with Gasteiger partial charge in [-0.05, 0) is 12.5 Å². The second-order valence-electron chi connectivity index (χ2n) is 7.90. The maximum absolute atomic E-state index is 12.9. The van der Waals surface area contributed by atoms with E-state index in [1.807, 2.05) is 37.3 Å². The number of aromatic nitrogens is 2. The normalized spacial score (nSPS) is 21.6. The fourth-order valence-electron chi connectivity index (χ4n) is 4.50. The van der Waals surface area contributed by atoms with Gasteiger partial charge in [0, 0.05) is 65.1 Å². The van der Waals surface area contributed by atoms with Crippen molar-refractivity contribution in [1.82, 2.24) is 24.3 Å². The molecule has 7 heteroatoms. The number of rotatable bonds is 5. The molecule has 2 aromatic rings. The standard InChI is InChI=1S/C22H29N5O2/c1-3-25-16-18(15-19(25)28)22(29)27-13-11-26(12-14-27)20(17-7-5-4-6-8-17)21-23-9-10-24(21)2/h4-10,18,20H,3,11-16H2,1-2H3/t18-,20+/m1/s1. The minimum atomic E-state index is -0.187. The lowest BCUT2D eigenvalue weighted by molar-refractivity contribution is -0.137. The maximum atomic E-state index is 12.9. The number of nitrogens with zero attached hydrogens (tertiary/aromatic N) is 5. The van der Waals surface area contributed by atoms with Gasteiger partial charge in [0.2, 0.25) is 11.8 Å². The first kappa shape index (κ1) is 19.6. The van der Waals surface area contributed by atoms with E-state index in [4.69, 9.17) is 0 Å². The number of hydrogen-bond acceptors (Lipinski definition) is 4. The quantitative estimate of drug-likeness (QED) is 0.770. The van der Waals surface area contributed by atoms with E-state index in [0.717, 1.165) is 18.9 Å². The molecule has 0 spiro atoms. The van der Waals surface area contributed by atoms with Crippen LogP contribution in [0.5, 0.6) is 0 Å². The molecule has 1 aromatic carbocycles.